The summed E-state index contributed by atoms with van der Waals surface area (Å²) in [5, 5.41) is 10.6. The number of nitrogens with one attached hydrogen (secondary N) is 3. The van der Waals surface area contributed by atoms with E-state index in [0.717, 1.165) is 12.8 Å². The Kier molecular flexibility index (Phi) is 4.94. The number of carbonyl (C=O) groups is 3. The summed E-state index contributed by atoms with van der Waals surface area (Å²) < 4.78 is 5.05. The highest BCUT2D eigenvalue weighted by Crippen LogP contribution is 2.26. The van der Waals surface area contributed by atoms with E-state index in [1.54, 1.807) is 47.8 Å². The Labute approximate surface area is 164 Å². The van der Waals surface area contributed by atoms with Crippen LogP contribution < -0.4 is 16.0 Å². The van der Waals surface area contributed by atoms with Crippen molar-refractivity contribution in [3.05, 3.63) is 71.0 Å². The van der Waals surface area contributed by atoms with Crippen LogP contribution in [0.1, 0.15) is 44.1 Å². The molecule has 0 saturated heterocycles. The van der Waals surface area contributed by atoms with Crippen molar-refractivity contribution in [3.63, 3.8) is 0 Å². The van der Waals surface area contributed by atoms with Crippen molar-refractivity contribution in [1.29, 1.82) is 0 Å². The zero-order valence-corrected chi connectivity index (χ0v) is 15.5. The van der Waals surface area contributed by atoms with E-state index in [2.05, 4.69) is 16.0 Å². The predicted molar refractivity (Wildman–Crippen MR) is 106 cm³/mol. The lowest BCUT2D eigenvalue weighted by molar-refractivity contribution is 0.0951. The molecule has 0 atom stereocenters. The van der Waals surface area contributed by atoms with E-state index in [0.29, 0.717) is 21.8 Å². The molecular formula is C20H17N3O4S. The summed E-state index contributed by atoms with van der Waals surface area (Å²) in [6.45, 7) is 0. The maximum absolute atomic E-state index is 12.6. The molecule has 3 N–H and O–H groups in total. The molecule has 2 aromatic heterocycles. The Morgan fingerprint density at radius 1 is 0.964 bits per heavy atom. The van der Waals surface area contributed by atoms with Crippen molar-refractivity contribution in [2.75, 3.05) is 10.6 Å². The number of furan rings is 1. The molecule has 0 aliphatic heterocycles. The zero-order valence-electron chi connectivity index (χ0n) is 14.7. The largest absolute Gasteiger partial charge is 0.459 e. The predicted octanol–water partition coefficient (Wildman–Crippen LogP) is 3.74. The Bertz CT molecular complexity index is 1020. The second kappa shape index (κ2) is 7.69. The minimum Gasteiger partial charge on any atom is -0.459 e. The molecule has 1 aromatic carbocycles. The number of carbonyl (C=O) groups excluding carboxylic acids is 3. The molecule has 0 spiro atoms. The summed E-state index contributed by atoms with van der Waals surface area (Å²) in [6, 6.07) is 11.7. The van der Waals surface area contributed by atoms with Gasteiger partial charge in [-0.15, -0.1) is 11.3 Å². The molecule has 8 heteroatoms. The molecule has 1 aliphatic rings. The first-order valence-corrected chi connectivity index (χ1v) is 9.63. The highest BCUT2D eigenvalue weighted by atomic mass is 32.1. The van der Waals surface area contributed by atoms with Gasteiger partial charge in [-0.05, 0) is 54.6 Å². The van der Waals surface area contributed by atoms with Gasteiger partial charge in [-0.2, -0.15) is 0 Å². The van der Waals surface area contributed by atoms with E-state index in [4.69, 9.17) is 4.42 Å². The van der Waals surface area contributed by atoms with Gasteiger partial charge in [0.05, 0.1) is 11.8 Å². The number of benzene rings is 1. The van der Waals surface area contributed by atoms with Crippen molar-refractivity contribution in [2.45, 2.75) is 18.9 Å². The molecule has 1 saturated carbocycles. The highest BCUT2D eigenvalue weighted by Gasteiger charge is 2.25. The Balaban J connectivity index is 1.45. The van der Waals surface area contributed by atoms with Crippen molar-refractivity contribution < 1.29 is 18.8 Å². The van der Waals surface area contributed by atoms with Crippen LogP contribution in [0.4, 0.5) is 10.7 Å². The Morgan fingerprint density at radius 2 is 1.82 bits per heavy atom. The molecule has 3 aromatic rings. The van der Waals surface area contributed by atoms with Crippen LogP contribution in [-0.2, 0) is 0 Å². The first-order valence-electron chi connectivity index (χ1n) is 8.75. The Hall–Kier alpha value is -3.39. The van der Waals surface area contributed by atoms with Crippen LogP contribution in [0.15, 0.2) is 58.5 Å². The van der Waals surface area contributed by atoms with Crippen LogP contribution in [0.2, 0.25) is 0 Å². The third kappa shape index (κ3) is 4.12. The fourth-order valence-corrected chi connectivity index (χ4v) is 3.37. The molecule has 0 unspecified atom stereocenters. The van der Waals surface area contributed by atoms with E-state index in [1.807, 2.05) is 0 Å². The van der Waals surface area contributed by atoms with Crippen molar-refractivity contribution in [3.8, 4) is 0 Å². The lowest BCUT2D eigenvalue weighted by atomic mass is 10.2. The summed E-state index contributed by atoms with van der Waals surface area (Å²) >= 11 is 1.29. The quantitative estimate of drug-likeness (QED) is 0.592. The summed E-state index contributed by atoms with van der Waals surface area (Å²) in [5.74, 6) is -0.768. The van der Waals surface area contributed by atoms with E-state index in [1.165, 1.54) is 17.6 Å². The van der Waals surface area contributed by atoms with Gasteiger partial charge in [0.15, 0.2) is 5.76 Å². The number of hydrogen-bond donors (Lipinski definition) is 3. The molecule has 1 aliphatic carbocycles. The average Bonchev–Trinajstić information content (AvgIpc) is 3.15. The van der Waals surface area contributed by atoms with Gasteiger partial charge in [0.2, 0.25) is 0 Å². The molecule has 28 heavy (non-hydrogen) atoms. The average molecular weight is 395 g/mol. The summed E-state index contributed by atoms with van der Waals surface area (Å²) in [5.41, 5.74) is 1.28. The molecule has 3 amide bonds. The fourth-order valence-electron chi connectivity index (χ4n) is 2.59. The van der Waals surface area contributed by atoms with Gasteiger partial charge in [0.1, 0.15) is 5.00 Å². The second-order valence-corrected chi connectivity index (χ2v) is 7.29. The molecule has 142 valence electrons. The van der Waals surface area contributed by atoms with E-state index < -0.39 is 5.91 Å². The third-order valence-corrected chi connectivity index (χ3v) is 5.01. The standard InChI is InChI=1S/C20H17N3O4S/c24-17(23-20-15(8-10-28-20)18(25)21-13-6-7-13)12-3-1-4-14(11-12)22-19(26)16-5-2-9-27-16/h1-5,8-11,13H,6-7H2,(H,21,25)(H,22,26)(H,23,24). The molecule has 1 fully saturated rings. The van der Waals surface area contributed by atoms with Crippen LogP contribution in [0.5, 0.6) is 0 Å². The van der Waals surface area contributed by atoms with Gasteiger partial charge in [0, 0.05) is 17.3 Å². The van der Waals surface area contributed by atoms with E-state index >= 15 is 0 Å². The number of rotatable bonds is 6. The zero-order chi connectivity index (χ0) is 19.5. The molecule has 0 bridgehead atoms. The molecular weight excluding hydrogens is 378 g/mol. The lowest BCUT2D eigenvalue weighted by Crippen LogP contribution is -2.26. The monoisotopic (exact) mass is 395 g/mol. The summed E-state index contributed by atoms with van der Waals surface area (Å²) in [6.07, 6.45) is 3.40. The summed E-state index contributed by atoms with van der Waals surface area (Å²) in [7, 11) is 0. The topological polar surface area (TPSA) is 100 Å². The van der Waals surface area contributed by atoms with Crippen molar-refractivity contribution >= 4 is 39.7 Å². The van der Waals surface area contributed by atoms with Crippen LogP contribution >= 0.6 is 11.3 Å². The van der Waals surface area contributed by atoms with Gasteiger partial charge in [-0.1, -0.05) is 6.07 Å². The first-order chi connectivity index (χ1) is 13.6. The van der Waals surface area contributed by atoms with Crippen LogP contribution in [0.3, 0.4) is 0 Å². The minimum absolute atomic E-state index is 0.180. The van der Waals surface area contributed by atoms with Crippen LogP contribution in [0.25, 0.3) is 0 Å². The van der Waals surface area contributed by atoms with Gasteiger partial charge in [-0.25, -0.2) is 0 Å². The number of hydrogen-bond acceptors (Lipinski definition) is 5. The van der Waals surface area contributed by atoms with Crippen LogP contribution in [-0.4, -0.2) is 23.8 Å². The second-order valence-electron chi connectivity index (χ2n) is 6.38. The van der Waals surface area contributed by atoms with Gasteiger partial charge in [-0.3, -0.25) is 14.4 Å². The van der Waals surface area contributed by atoms with E-state index in [9.17, 15) is 14.4 Å². The van der Waals surface area contributed by atoms with Gasteiger partial charge >= 0.3 is 0 Å². The molecule has 4 rings (SSSR count). The molecule has 7 nitrogen and oxygen atoms in total. The third-order valence-electron chi connectivity index (χ3n) is 4.18. The summed E-state index contributed by atoms with van der Waals surface area (Å²) in [4.78, 5) is 37.0. The highest BCUT2D eigenvalue weighted by molar-refractivity contribution is 7.14. The van der Waals surface area contributed by atoms with Crippen molar-refractivity contribution in [2.24, 2.45) is 0 Å². The maximum atomic E-state index is 12.6. The Morgan fingerprint density at radius 3 is 2.57 bits per heavy atom. The maximum Gasteiger partial charge on any atom is 0.291 e. The fraction of sp³-hybridized carbons (Fsp3) is 0.150. The normalized spacial score (nSPS) is 13.0. The van der Waals surface area contributed by atoms with Crippen molar-refractivity contribution in [1.82, 2.24) is 5.32 Å². The number of thiophene rings is 1. The van der Waals surface area contributed by atoms with Gasteiger partial charge in [0.25, 0.3) is 17.7 Å². The SMILES string of the molecule is O=C(Nc1sccc1C(=O)NC1CC1)c1cccc(NC(=O)c2ccco2)c1. The smallest absolute Gasteiger partial charge is 0.291 e. The minimum atomic E-state index is -0.403. The number of anilines is 2. The molecule has 0 radical (unpaired) electrons. The van der Waals surface area contributed by atoms with E-state index in [-0.39, 0.29) is 23.6 Å². The molecule has 2 heterocycles. The first kappa shape index (κ1) is 18.0. The number of amides is 3. The lowest BCUT2D eigenvalue weighted by Gasteiger charge is -2.09. The van der Waals surface area contributed by atoms with Gasteiger partial charge < -0.3 is 20.4 Å². The van der Waals surface area contributed by atoms with Crippen LogP contribution in [0, 0.1) is 0 Å².